The summed E-state index contributed by atoms with van der Waals surface area (Å²) >= 11 is 0. The zero-order valence-corrected chi connectivity index (χ0v) is 19.7. The van der Waals surface area contributed by atoms with Crippen LogP contribution in [0.15, 0.2) is 53.4 Å². The number of carbonyl (C=O) groups is 1. The lowest BCUT2D eigenvalue weighted by molar-refractivity contribution is -0.119. The molecule has 1 fully saturated rings. The minimum absolute atomic E-state index is 0.131. The maximum absolute atomic E-state index is 13.5. The molecule has 0 aliphatic carbocycles. The van der Waals surface area contributed by atoms with Gasteiger partial charge in [0.15, 0.2) is 0 Å². The Labute approximate surface area is 191 Å². The standard InChI is InChI=1S/C24H33N3O4S/c1-20-11-13-21(14-12-20)32(29,30)27(22-9-4-5-10-23(22)31-2)19-24(28)25-15-8-18-26-16-6-3-7-17-26/h4-5,9-14H,3,6-8,15-19H2,1-2H3,(H,25,28). The van der Waals surface area contributed by atoms with Crippen molar-refractivity contribution in [2.75, 3.05) is 44.1 Å². The summed E-state index contributed by atoms with van der Waals surface area (Å²) in [5.74, 6) is 0.0475. The van der Waals surface area contributed by atoms with E-state index in [4.69, 9.17) is 4.74 Å². The number of likely N-dealkylation sites (tertiary alicyclic amines) is 1. The van der Waals surface area contributed by atoms with E-state index in [1.165, 1.54) is 26.4 Å². The number of methoxy groups -OCH3 is 1. The van der Waals surface area contributed by atoms with E-state index in [0.717, 1.165) is 35.9 Å². The molecule has 8 heteroatoms. The first-order valence-corrected chi connectivity index (χ1v) is 12.6. The van der Waals surface area contributed by atoms with Gasteiger partial charge in [-0.3, -0.25) is 9.10 Å². The van der Waals surface area contributed by atoms with Crippen LogP contribution in [0.2, 0.25) is 0 Å². The Bertz CT molecular complexity index is 987. The van der Waals surface area contributed by atoms with E-state index in [1.54, 1.807) is 48.5 Å². The number of rotatable bonds is 10. The number of para-hydroxylation sites is 2. The highest BCUT2D eigenvalue weighted by molar-refractivity contribution is 7.92. The molecule has 0 aromatic heterocycles. The van der Waals surface area contributed by atoms with Crippen molar-refractivity contribution in [3.8, 4) is 5.75 Å². The van der Waals surface area contributed by atoms with Gasteiger partial charge in [0.2, 0.25) is 5.91 Å². The fraction of sp³-hybridized carbons (Fsp3) is 0.458. The number of hydrogen-bond donors (Lipinski definition) is 1. The van der Waals surface area contributed by atoms with Crippen molar-refractivity contribution in [3.05, 3.63) is 54.1 Å². The van der Waals surface area contributed by atoms with Gasteiger partial charge in [0.05, 0.1) is 17.7 Å². The van der Waals surface area contributed by atoms with Gasteiger partial charge in [-0.2, -0.15) is 0 Å². The normalized spacial score (nSPS) is 14.7. The van der Waals surface area contributed by atoms with Gasteiger partial charge in [-0.1, -0.05) is 36.2 Å². The molecule has 0 atom stereocenters. The Morgan fingerprint density at radius 1 is 1.06 bits per heavy atom. The van der Waals surface area contributed by atoms with Crippen molar-refractivity contribution in [3.63, 3.8) is 0 Å². The summed E-state index contributed by atoms with van der Waals surface area (Å²) in [6.07, 6.45) is 4.60. The first-order chi connectivity index (χ1) is 15.4. The van der Waals surface area contributed by atoms with Crippen LogP contribution >= 0.6 is 0 Å². The van der Waals surface area contributed by atoms with Crippen molar-refractivity contribution < 1.29 is 17.9 Å². The Morgan fingerprint density at radius 3 is 2.44 bits per heavy atom. The SMILES string of the molecule is COc1ccccc1N(CC(=O)NCCCN1CCCCC1)S(=O)(=O)c1ccc(C)cc1. The van der Waals surface area contributed by atoms with Gasteiger partial charge in [0.1, 0.15) is 12.3 Å². The molecule has 1 heterocycles. The van der Waals surface area contributed by atoms with Crippen molar-refractivity contribution in [1.29, 1.82) is 0 Å². The van der Waals surface area contributed by atoms with Gasteiger partial charge in [-0.05, 0) is 70.1 Å². The topological polar surface area (TPSA) is 79.0 Å². The molecule has 0 radical (unpaired) electrons. The van der Waals surface area contributed by atoms with Gasteiger partial charge in [-0.15, -0.1) is 0 Å². The van der Waals surface area contributed by atoms with E-state index >= 15 is 0 Å². The minimum atomic E-state index is -3.96. The molecule has 0 bridgehead atoms. The van der Waals surface area contributed by atoms with Crippen LogP contribution in [0.25, 0.3) is 0 Å². The highest BCUT2D eigenvalue weighted by Crippen LogP contribution is 2.32. The summed E-state index contributed by atoms with van der Waals surface area (Å²) in [6.45, 7) is 5.26. The Kier molecular flexibility index (Phi) is 8.53. The molecule has 0 spiro atoms. The van der Waals surface area contributed by atoms with Crippen LogP contribution in [0, 0.1) is 6.92 Å². The second kappa shape index (κ2) is 11.3. The molecule has 1 amide bonds. The number of carbonyl (C=O) groups excluding carboxylic acids is 1. The molecule has 1 aliphatic heterocycles. The fourth-order valence-electron chi connectivity index (χ4n) is 3.87. The molecule has 174 valence electrons. The predicted molar refractivity (Wildman–Crippen MR) is 127 cm³/mol. The van der Waals surface area contributed by atoms with E-state index in [9.17, 15) is 13.2 Å². The average molecular weight is 460 g/mol. The van der Waals surface area contributed by atoms with E-state index in [2.05, 4.69) is 10.2 Å². The number of aryl methyl sites for hydroxylation is 1. The highest BCUT2D eigenvalue weighted by Gasteiger charge is 2.29. The number of ether oxygens (including phenoxy) is 1. The van der Waals surface area contributed by atoms with Crippen LogP contribution in [-0.4, -0.2) is 59.1 Å². The first kappa shape index (κ1) is 24.1. The largest absolute Gasteiger partial charge is 0.495 e. The summed E-state index contributed by atoms with van der Waals surface area (Å²) in [4.78, 5) is 15.3. The molecule has 3 rings (SSSR count). The van der Waals surface area contributed by atoms with E-state index in [-0.39, 0.29) is 17.3 Å². The molecule has 1 N–H and O–H groups in total. The number of piperidine rings is 1. The van der Waals surface area contributed by atoms with Crippen LogP contribution in [0.4, 0.5) is 5.69 Å². The number of amides is 1. The summed E-state index contributed by atoms with van der Waals surface area (Å²) in [6, 6.07) is 13.4. The third-order valence-corrected chi connectivity index (χ3v) is 7.45. The number of nitrogens with one attached hydrogen (secondary N) is 1. The molecule has 1 aliphatic rings. The third-order valence-electron chi connectivity index (χ3n) is 5.67. The maximum atomic E-state index is 13.5. The minimum Gasteiger partial charge on any atom is -0.495 e. The van der Waals surface area contributed by atoms with Crippen LogP contribution in [0.1, 0.15) is 31.2 Å². The van der Waals surface area contributed by atoms with Crippen molar-refractivity contribution in [1.82, 2.24) is 10.2 Å². The van der Waals surface area contributed by atoms with Crippen LogP contribution in [-0.2, 0) is 14.8 Å². The molecule has 2 aromatic rings. The Morgan fingerprint density at radius 2 is 1.75 bits per heavy atom. The average Bonchev–Trinajstić information content (AvgIpc) is 2.81. The molecule has 7 nitrogen and oxygen atoms in total. The number of hydrogen-bond acceptors (Lipinski definition) is 5. The Balaban J connectivity index is 1.72. The van der Waals surface area contributed by atoms with Crippen molar-refractivity contribution >= 4 is 21.6 Å². The third kappa shape index (κ3) is 6.23. The van der Waals surface area contributed by atoms with Crippen molar-refractivity contribution in [2.45, 2.75) is 37.5 Å². The van der Waals surface area contributed by atoms with Crippen LogP contribution in [0.5, 0.6) is 5.75 Å². The number of nitrogens with zero attached hydrogens (tertiary/aromatic N) is 2. The second-order valence-corrected chi connectivity index (χ2v) is 9.96. The van der Waals surface area contributed by atoms with Gasteiger partial charge < -0.3 is 15.0 Å². The predicted octanol–water partition coefficient (Wildman–Crippen LogP) is 3.19. The van der Waals surface area contributed by atoms with Gasteiger partial charge in [-0.25, -0.2) is 8.42 Å². The van der Waals surface area contributed by atoms with Crippen molar-refractivity contribution in [2.24, 2.45) is 0 Å². The quantitative estimate of drug-likeness (QED) is 0.552. The van der Waals surface area contributed by atoms with E-state index < -0.39 is 10.0 Å². The number of anilines is 1. The molecule has 2 aromatic carbocycles. The van der Waals surface area contributed by atoms with E-state index in [0.29, 0.717) is 18.0 Å². The molecule has 32 heavy (non-hydrogen) atoms. The zero-order chi connectivity index (χ0) is 23.0. The van der Waals surface area contributed by atoms with Crippen LogP contribution < -0.4 is 14.4 Å². The summed E-state index contributed by atoms with van der Waals surface area (Å²) in [5.41, 5.74) is 1.29. The summed E-state index contributed by atoms with van der Waals surface area (Å²) < 4.78 is 33.4. The lowest BCUT2D eigenvalue weighted by Crippen LogP contribution is -2.42. The van der Waals surface area contributed by atoms with E-state index in [1.807, 2.05) is 6.92 Å². The molecule has 1 saturated heterocycles. The number of sulfonamides is 1. The fourth-order valence-corrected chi connectivity index (χ4v) is 5.30. The lowest BCUT2D eigenvalue weighted by Gasteiger charge is -2.27. The second-order valence-electron chi connectivity index (χ2n) is 8.10. The molecule has 0 unspecified atom stereocenters. The molecular formula is C24H33N3O4S. The molecule has 0 saturated carbocycles. The zero-order valence-electron chi connectivity index (χ0n) is 18.9. The maximum Gasteiger partial charge on any atom is 0.264 e. The smallest absolute Gasteiger partial charge is 0.264 e. The summed E-state index contributed by atoms with van der Waals surface area (Å²) in [5, 5.41) is 2.88. The van der Waals surface area contributed by atoms with Gasteiger partial charge >= 0.3 is 0 Å². The summed E-state index contributed by atoms with van der Waals surface area (Å²) in [7, 11) is -2.48. The lowest BCUT2D eigenvalue weighted by atomic mass is 10.1. The first-order valence-electron chi connectivity index (χ1n) is 11.1. The van der Waals surface area contributed by atoms with Gasteiger partial charge in [0.25, 0.3) is 10.0 Å². The molecular weight excluding hydrogens is 426 g/mol. The van der Waals surface area contributed by atoms with Crippen LogP contribution in [0.3, 0.4) is 0 Å². The monoisotopic (exact) mass is 459 g/mol. The van der Waals surface area contributed by atoms with Gasteiger partial charge in [0, 0.05) is 6.54 Å². The highest BCUT2D eigenvalue weighted by atomic mass is 32.2. The Hall–Kier alpha value is -2.58. The number of benzene rings is 2.